The van der Waals surface area contributed by atoms with Gasteiger partial charge < -0.3 is 4.90 Å². The lowest BCUT2D eigenvalue weighted by atomic mass is 9.64. The van der Waals surface area contributed by atoms with Gasteiger partial charge in [0.25, 0.3) is 0 Å². The Morgan fingerprint density at radius 2 is 0.747 bits per heavy atom. The lowest BCUT2D eigenvalue weighted by molar-refractivity contribution is 0.753. The van der Waals surface area contributed by atoms with Crippen LogP contribution in [0.3, 0.4) is 0 Å². The van der Waals surface area contributed by atoms with Gasteiger partial charge in [-0.05, 0) is 115 Å². The van der Waals surface area contributed by atoms with Crippen molar-refractivity contribution in [2.24, 2.45) is 0 Å². The van der Waals surface area contributed by atoms with Gasteiger partial charge in [-0.25, -0.2) is 4.98 Å². The fourth-order valence-electron chi connectivity index (χ4n) is 12.2. The zero-order chi connectivity index (χ0) is 49.5. The Hall–Kier alpha value is -9.97. The Morgan fingerprint density at radius 3 is 1.36 bits per heavy atom. The average Bonchev–Trinajstić information content (AvgIpc) is 4.21. The van der Waals surface area contributed by atoms with Crippen molar-refractivity contribution >= 4 is 38.9 Å². The van der Waals surface area contributed by atoms with Gasteiger partial charge in [-0.15, -0.1) is 0 Å². The summed E-state index contributed by atoms with van der Waals surface area (Å²) in [6, 6.07) is 98.8. The van der Waals surface area contributed by atoms with E-state index in [1.807, 2.05) is 36.4 Å². The second-order valence-corrected chi connectivity index (χ2v) is 19.5. The third-order valence-corrected chi connectivity index (χ3v) is 15.4. The fourth-order valence-corrected chi connectivity index (χ4v) is 12.2. The summed E-state index contributed by atoms with van der Waals surface area (Å²) >= 11 is 0. The van der Waals surface area contributed by atoms with E-state index in [2.05, 4.69) is 246 Å². The number of aromatic nitrogens is 4. The van der Waals surface area contributed by atoms with E-state index in [-0.39, 0.29) is 0 Å². The molecule has 1 aliphatic heterocycles. The summed E-state index contributed by atoms with van der Waals surface area (Å²) in [6.07, 6.45) is 0. The van der Waals surface area contributed by atoms with Crippen molar-refractivity contribution in [2.45, 2.75) is 5.41 Å². The van der Waals surface area contributed by atoms with Crippen molar-refractivity contribution in [2.75, 3.05) is 4.90 Å². The molecule has 11 aromatic carbocycles. The number of nitrogens with zero attached hydrogens (tertiary/aromatic N) is 5. The van der Waals surface area contributed by atoms with Crippen LogP contribution in [0, 0.1) is 0 Å². The molecule has 0 saturated heterocycles. The molecule has 0 saturated carbocycles. The molecule has 0 bridgehead atoms. The normalized spacial score (nSPS) is 12.9. The van der Waals surface area contributed by atoms with Crippen LogP contribution in [0.2, 0.25) is 0 Å². The molecule has 1 aliphatic carbocycles. The summed E-state index contributed by atoms with van der Waals surface area (Å²) in [5.74, 6) is 1.81. The minimum absolute atomic E-state index is 0.569. The van der Waals surface area contributed by atoms with Crippen molar-refractivity contribution in [3.05, 3.63) is 295 Å². The number of benzene rings is 11. The molecule has 350 valence electrons. The maximum absolute atomic E-state index is 5.21. The number of hydrogen-bond donors (Lipinski definition) is 0. The van der Waals surface area contributed by atoms with Crippen molar-refractivity contribution in [1.29, 1.82) is 0 Å². The largest absolute Gasteiger partial charge is 0.310 e. The van der Waals surface area contributed by atoms with Crippen LogP contribution in [0.4, 0.5) is 17.1 Å². The topological polar surface area (TPSA) is 46.8 Å². The van der Waals surface area contributed by atoms with Gasteiger partial charge >= 0.3 is 0 Å². The molecule has 0 amide bonds. The predicted octanol–water partition coefficient (Wildman–Crippen LogP) is 17.4. The predicted molar refractivity (Wildman–Crippen MR) is 307 cm³/mol. The first-order valence-corrected chi connectivity index (χ1v) is 25.6. The van der Waals surface area contributed by atoms with E-state index in [0.29, 0.717) is 17.6 Å². The van der Waals surface area contributed by atoms with Crippen LogP contribution in [-0.4, -0.2) is 19.5 Å². The third-order valence-electron chi connectivity index (χ3n) is 15.4. The highest BCUT2D eigenvalue weighted by Gasteiger charge is 2.51. The van der Waals surface area contributed by atoms with E-state index >= 15 is 0 Å². The average molecular weight is 956 g/mol. The smallest absolute Gasteiger partial charge is 0.238 e. The molecule has 2 aromatic heterocycles. The molecule has 15 rings (SSSR count). The molecule has 13 aromatic rings. The first kappa shape index (κ1) is 42.7. The summed E-state index contributed by atoms with van der Waals surface area (Å²) < 4.78 is 2.20. The van der Waals surface area contributed by atoms with E-state index < -0.39 is 5.41 Å². The SMILES string of the molecule is c1ccc(-c2cc(-c3ccccc3)cc(N3c4ccccc4C4(c5ccccc5-c5ccccc54)c4ccc(-c5ccc6c(c5)c5ccccc5n6-c5nc(-c6ccccc6)nc(-c6ccccc6)n5)cc43)c2)cc1. The fraction of sp³-hybridized carbons (Fsp3) is 0.0143. The summed E-state index contributed by atoms with van der Waals surface area (Å²) in [5, 5.41) is 2.24. The molecule has 0 radical (unpaired) electrons. The molecule has 0 N–H and O–H groups in total. The van der Waals surface area contributed by atoms with Gasteiger partial charge in [-0.2, -0.15) is 9.97 Å². The van der Waals surface area contributed by atoms with Gasteiger partial charge in [-0.1, -0.05) is 224 Å². The van der Waals surface area contributed by atoms with E-state index in [4.69, 9.17) is 15.0 Å². The van der Waals surface area contributed by atoms with Crippen LogP contribution < -0.4 is 4.90 Å². The molecular formula is C70H45N5. The van der Waals surface area contributed by atoms with Crippen molar-refractivity contribution in [3.8, 4) is 73.2 Å². The monoisotopic (exact) mass is 955 g/mol. The number of anilines is 3. The Morgan fingerprint density at radius 1 is 0.280 bits per heavy atom. The van der Waals surface area contributed by atoms with Gasteiger partial charge in [0.05, 0.1) is 27.8 Å². The zero-order valence-electron chi connectivity index (χ0n) is 40.7. The Labute approximate surface area is 435 Å². The van der Waals surface area contributed by atoms with Crippen LogP contribution >= 0.6 is 0 Å². The molecule has 0 atom stereocenters. The standard InChI is InChI=1S/C70H45N5/c1-5-21-46(22-6-1)52-41-53(47-23-7-2-8-24-47)43-54(42-52)74-65-36-20-18-34-61(65)70(59-32-16-13-29-55(59)56-30-14-17-33-60(56)70)62-39-37-51(45-66(62)74)50-38-40-64-58(44-50)57-31-15-19-35-63(57)75(64)69-72-67(48-25-9-3-10-26-48)71-68(73-69)49-27-11-4-12-28-49/h1-45H. The minimum atomic E-state index is -0.577. The van der Waals surface area contributed by atoms with Crippen molar-refractivity contribution < 1.29 is 0 Å². The summed E-state index contributed by atoms with van der Waals surface area (Å²) in [5.41, 5.74) is 21.2. The van der Waals surface area contributed by atoms with Crippen LogP contribution in [-0.2, 0) is 5.41 Å². The van der Waals surface area contributed by atoms with E-state index in [1.54, 1.807) is 0 Å². The zero-order valence-corrected chi connectivity index (χ0v) is 40.7. The maximum Gasteiger partial charge on any atom is 0.238 e. The molecule has 2 aliphatic rings. The number of hydrogen-bond acceptors (Lipinski definition) is 4. The molecule has 1 spiro atoms. The highest BCUT2D eigenvalue weighted by Crippen LogP contribution is 2.64. The van der Waals surface area contributed by atoms with Gasteiger partial charge in [-0.3, -0.25) is 4.57 Å². The summed E-state index contributed by atoms with van der Waals surface area (Å²) in [6.45, 7) is 0. The van der Waals surface area contributed by atoms with Crippen molar-refractivity contribution in [1.82, 2.24) is 19.5 Å². The lowest BCUT2D eigenvalue weighted by Crippen LogP contribution is -2.36. The highest BCUT2D eigenvalue weighted by atomic mass is 15.2. The number of para-hydroxylation sites is 2. The Kier molecular flexibility index (Phi) is 9.72. The molecule has 5 nitrogen and oxygen atoms in total. The molecule has 75 heavy (non-hydrogen) atoms. The molecule has 3 heterocycles. The highest BCUT2D eigenvalue weighted by molar-refractivity contribution is 6.10. The van der Waals surface area contributed by atoms with Crippen LogP contribution in [0.15, 0.2) is 273 Å². The molecule has 5 heteroatoms. The van der Waals surface area contributed by atoms with Gasteiger partial charge in [0.2, 0.25) is 5.95 Å². The number of rotatable bonds is 7. The number of fused-ring (bicyclic) bond motifs is 12. The van der Waals surface area contributed by atoms with Crippen LogP contribution in [0.1, 0.15) is 22.3 Å². The Balaban J connectivity index is 0.973. The quantitative estimate of drug-likeness (QED) is 0.160. The van der Waals surface area contributed by atoms with Gasteiger partial charge in [0.15, 0.2) is 11.6 Å². The van der Waals surface area contributed by atoms with Crippen LogP contribution in [0.5, 0.6) is 0 Å². The first-order chi connectivity index (χ1) is 37.2. The second-order valence-electron chi connectivity index (χ2n) is 19.5. The first-order valence-electron chi connectivity index (χ1n) is 25.6. The van der Waals surface area contributed by atoms with Crippen molar-refractivity contribution in [3.63, 3.8) is 0 Å². The maximum atomic E-state index is 5.21. The van der Waals surface area contributed by atoms with Gasteiger partial charge in [0, 0.05) is 27.6 Å². The summed E-state index contributed by atoms with van der Waals surface area (Å²) in [7, 11) is 0. The van der Waals surface area contributed by atoms with E-state index in [9.17, 15) is 0 Å². The molecule has 0 unspecified atom stereocenters. The molecular weight excluding hydrogens is 911 g/mol. The van der Waals surface area contributed by atoms with E-state index in [0.717, 1.165) is 72.2 Å². The third kappa shape index (κ3) is 6.68. The minimum Gasteiger partial charge on any atom is -0.310 e. The lowest BCUT2D eigenvalue weighted by Gasteiger charge is -2.45. The summed E-state index contributed by atoms with van der Waals surface area (Å²) in [4.78, 5) is 18.0. The second kappa shape index (κ2) is 17.1. The van der Waals surface area contributed by atoms with Gasteiger partial charge in [0.1, 0.15) is 0 Å². The molecule has 0 fully saturated rings. The van der Waals surface area contributed by atoms with E-state index in [1.165, 1.54) is 44.5 Å². The van der Waals surface area contributed by atoms with Crippen LogP contribution in [0.25, 0.3) is 95.0 Å². The Bertz CT molecular complexity index is 4190.